The summed E-state index contributed by atoms with van der Waals surface area (Å²) < 4.78 is 11.6. The molecule has 1 N–H and O–H groups in total. The van der Waals surface area contributed by atoms with Gasteiger partial charge in [0.05, 0.1) is 6.54 Å². The molecule has 0 radical (unpaired) electrons. The first-order chi connectivity index (χ1) is 9.83. The number of benzene rings is 1. The minimum atomic E-state index is 0.0854. The molecule has 1 aromatic heterocycles. The van der Waals surface area contributed by atoms with Gasteiger partial charge in [-0.3, -0.25) is 0 Å². The average Bonchev–Trinajstić information content (AvgIpc) is 2.85. The molecule has 0 atom stereocenters. The van der Waals surface area contributed by atoms with Crippen molar-refractivity contribution in [3.05, 3.63) is 53.0 Å². The third kappa shape index (κ3) is 4.94. The maximum atomic E-state index is 5.85. The quantitative estimate of drug-likeness (QED) is 0.887. The van der Waals surface area contributed by atoms with Crippen LogP contribution in [0.25, 0.3) is 0 Å². The normalized spacial score (nSPS) is 11.7. The largest absolute Gasteiger partial charge is 0.485 e. The molecule has 0 fully saturated rings. The molecule has 2 aromatic rings. The highest BCUT2D eigenvalue weighted by molar-refractivity contribution is 5.36. The van der Waals surface area contributed by atoms with E-state index in [4.69, 9.17) is 9.15 Å². The second kappa shape index (κ2) is 6.35. The highest BCUT2D eigenvalue weighted by atomic mass is 16.5. The maximum Gasteiger partial charge on any atom is 0.146 e. The Kier molecular flexibility index (Phi) is 4.73. The fourth-order valence-electron chi connectivity index (χ4n) is 1.96. The fourth-order valence-corrected chi connectivity index (χ4v) is 1.96. The Morgan fingerprint density at radius 1 is 1.05 bits per heavy atom. The molecular weight excluding hydrogens is 262 g/mol. The summed E-state index contributed by atoms with van der Waals surface area (Å²) in [7, 11) is 0. The monoisotopic (exact) mass is 287 g/mol. The minimum absolute atomic E-state index is 0.0854. The summed E-state index contributed by atoms with van der Waals surface area (Å²) in [4.78, 5) is 0. The van der Waals surface area contributed by atoms with E-state index in [1.807, 2.05) is 12.1 Å². The van der Waals surface area contributed by atoms with Crippen molar-refractivity contribution in [1.29, 1.82) is 0 Å². The van der Waals surface area contributed by atoms with E-state index in [1.54, 1.807) is 0 Å². The first-order valence-corrected chi connectivity index (χ1v) is 7.36. The van der Waals surface area contributed by atoms with Gasteiger partial charge in [-0.05, 0) is 63.9 Å². The molecule has 0 unspecified atom stereocenters. The molecule has 3 nitrogen and oxygen atoms in total. The number of aryl methyl sites for hydroxylation is 2. The Morgan fingerprint density at radius 2 is 1.76 bits per heavy atom. The van der Waals surface area contributed by atoms with E-state index in [0.29, 0.717) is 6.61 Å². The zero-order valence-corrected chi connectivity index (χ0v) is 13.6. The number of nitrogens with one attached hydrogen (secondary N) is 1. The van der Waals surface area contributed by atoms with Crippen LogP contribution in [-0.2, 0) is 13.2 Å². The number of ether oxygens (including phenoxy) is 1. The van der Waals surface area contributed by atoms with Gasteiger partial charge in [0.25, 0.3) is 0 Å². The number of hydrogen-bond acceptors (Lipinski definition) is 3. The predicted octanol–water partition coefficient (Wildman–Crippen LogP) is 4.36. The van der Waals surface area contributed by atoms with Gasteiger partial charge in [-0.25, -0.2) is 0 Å². The van der Waals surface area contributed by atoms with Gasteiger partial charge in [-0.1, -0.05) is 12.1 Å². The van der Waals surface area contributed by atoms with E-state index in [-0.39, 0.29) is 5.54 Å². The average molecular weight is 287 g/mol. The number of furan rings is 1. The molecule has 0 saturated heterocycles. The van der Waals surface area contributed by atoms with E-state index in [9.17, 15) is 0 Å². The minimum Gasteiger partial charge on any atom is -0.485 e. The third-order valence-electron chi connectivity index (χ3n) is 3.22. The third-order valence-corrected chi connectivity index (χ3v) is 3.22. The Bertz CT molecular complexity index is 594. The molecule has 0 aliphatic carbocycles. The SMILES string of the molecule is Cc1ccc(C)c(OCc2ccc(CNC(C)(C)C)o2)c1. The number of hydrogen-bond donors (Lipinski definition) is 1. The highest BCUT2D eigenvalue weighted by Gasteiger charge is 2.10. The van der Waals surface area contributed by atoms with Crippen molar-refractivity contribution in [2.75, 3.05) is 0 Å². The Hall–Kier alpha value is -1.74. The van der Waals surface area contributed by atoms with Gasteiger partial charge in [0.2, 0.25) is 0 Å². The molecule has 0 saturated carbocycles. The molecule has 2 rings (SSSR count). The Morgan fingerprint density at radius 3 is 2.48 bits per heavy atom. The lowest BCUT2D eigenvalue weighted by Crippen LogP contribution is -2.34. The van der Waals surface area contributed by atoms with Crippen LogP contribution in [0.1, 0.15) is 43.4 Å². The van der Waals surface area contributed by atoms with E-state index >= 15 is 0 Å². The molecular formula is C18H25NO2. The molecule has 114 valence electrons. The molecule has 0 amide bonds. The van der Waals surface area contributed by atoms with Crippen LogP contribution in [0, 0.1) is 13.8 Å². The van der Waals surface area contributed by atoms with Gasteiger partial charge in [0.15, 0.2) is 0 Å². The lowest BCUT2D eigenvalue weighted by atomic mass is 10.1. The van der Waals surface area contributed by atoms with Crippen molar-refractivity contribution < 1.29 is 9.15 Å². The van der Waals surface area contributed by atoms with Crippen molar-refractivity contribution in [3.8, 4) is 5.75 Å². The summed E-state index contributed by atoms with van der Waals surface area (Å²) in [5, 5.41) is 3.41. The van der Waals surface area contributed by atoms with Crippen LogP contribution in [0.15, 0.2) is 34.7 Å². The molecule has 0 bridgehead atoms. The van der Waals surface area contributed by atoms with Gasteiger partial charge >= 0.3 is 0 Å². The van der Waals surface area contributed by atoms with Gasteiger partial charge < -0.3 is 14.5 Å². The topological polar surface area (TPSA) is 34.4 Å². The summed E-state index contributed by atoms with van der Waals surface area (Å²) >= 11 is 0. The standard InChI is InChI=1S/C18H25NO2/c1-13-6-7-14(2)17(10-13)20-12-16-9-8-15(21-16)11-19-18(3,4)5/h6-10,19H,11-12H2,1-5H3. The van der Waals surface area contributed by atoms with Gasteiger partial charge in [0.1, 0.15) is 23.9 Å². The van der Waals surface area contributed by atoms with Crippen molar-refractivity contribution in [2.24, 2.45) is 0 Å². The molecule has 21 heavy (non-hydrogen) atoms. The van der Waals surface area contributed by atoms with Crippen LogP contribution in [-0.4, -0.2) is 5.54 Å². The second-order valence-corrected chi connectivity index (χ2v) is 6.53. The van der Waals surface area contributed by atoms with Crippen LogP contribution in [0.5, 0.6) is 5.75 Å². The predicted molar refractivity (Wildman–Crippen MR) is 85.5 cm³/mol. The number of rotatable bonds is 5. The Labute approximate surface area is 127 Å². The van der Waals surface area contributed by atoms with E-state index < -0.39 is 0 Å². The first kappa shape index (κ1) is 15.6. The van der Waals surface area contributed by atoms with Gasteiger partial charge in [0, 0.05) is 5.54 Å². The highest BCUT2D eigenvalue weighted by Crippen LogP contribution is 2.21. The van der Waals surface area contributed by atoms with Gasteiger partial charge in [-0.2, -0.15) is 0 Å². The van der Waals surface area contributed by atoms with Crippen LogP contribution in [0.3, 0.4) is 0 Å². The summed E-state index contributed by atoms with van der Waals surface area (Å²) in [6.07, 6.45) is 0. The van der Waals surface area contributed by atoms with Crippen LogP contribution < -0.4 is 10.1 Å². The van der Waals surface area contributed by atoms with Gasteiger partial charge in [-0.15, -0.1) is 0 Å². The molecule has 1 heterocycles. The molecule has 3 heteroatoms. The van der Waals surface area contributed by atoms with Crippen LogP contribution in [0.4, 0.5) is 0 Å². The lowest BCUT2D eigenvalue weighted by Gasteiger charge is -2.19. The molecule has 0 aliphatic heterocycles. The van der Waals surface area contributed by atoms with E-state index in [1.165, 1.54) is 5.56 Å². The fraction of sp³-hybridized carbons (Fsp3) is 0.444. The summed E-state index contributed by atoms with van der Waals surface area (Å²) in [5.41, 5.74) is 2.43. The summed E-state index contributed by atoms with van der Waals surface area (Å²) in [5.74, 6) is 2.70. The summed E-state index contributed by atoms with van der Waals surface area (Å²) in [6, 6.07) is 10.2. The first-order valence-electron chi connectivity index (χ1n) is 7.36. The second-order valence-electron chi connectivity index (χ2n) is 6.53. The smallest absolute Gasteiger partial charge is 0.146 e. The van der Waals surface area contributed by atoms with Crippen molar-refractivity contribution in [2.45, 2.75) is 53.3 Å². The van der Waals surface area contributed by atoms with Crippen LogP contribution in [0.2, 0.25) is 0 Å². The Balaban J connectivity index is 1.92. The van der Waals surface area contributed by atoms with Crippen molar-refractivity contribution in [1.82, 2.24) is 5.32 Å². The molecule has 0 spiro atoms. The van der Waals surface area contributed by atoms with E-state index in [0.717, 1.165) is 29.4 Å². The van der Waals surface area contributed by atoms with Crippen LogP contribution >= 0.6 is 0 Å². The lowest BCUT2D eigenvalue weighted by molar-refractivity contribution is 0.261. The zero-order chi connectivity index (χ0) is 15.5. The zero-order valence-electron chi connectivity index (χ0n) is 13.6. The van der Waals surface area contributed by atoms with E-state index in [2.05, 4.69) is 58.1 Å². The van der Waals surface area contributed by atoms with Crippen molar-refractivity contribution in [3.63, 3.8) is 0 Å². The maximum absolute atomic E-state index is 5.85. The molecule has 0 aliphatic rings. The molecule has 1 aromatic carbocycles. The summed E-state index contributed by atoms with van der Waals surface area (Å²) in [6.45, 7) is 11.7. The van der Waals surface area contributed by atoms with Crippen molar-refractivity contribution >= 4 is 0 Å².